The molecule has 7 rings (SSSR count). The van der Waals surface area contributed by atoms with Crippen LogP contribution in [0.5, 0.6) is 0 Å². The Balaban J connectivity index is 0.983. The fraction of sp³-hybridized carbons (Fsp3) is 0.364. The second-order valence-electron chi connectivity index (χ2n) is 13.0. The van der Waals surface area contributed by atoms with Gasteiger partial charge in [-0.15, -0.1) is 23.1 Å². The standard InChI is InChI=1S/C33H31FN8O12S2/c34-18-7-16-20(41(15-1-2-15)9-17(26(16)45)30(48)49)8-21(18)39-3-5-40(6-4-39)33(52)53-10-14-12-55-29-24(28(47)42(29)25(14)31(50)51)37-27(46)23(38-54-11-22(43)44)19-13-56-32(35)36-19/h7-9,13,15,24,29H,1-6,10-12H2,(H2,35,36)(H,37,46)(H,43,44)(H,48,49)(H,50,51)/b38-23+/t24-,29-/m1/s1. The van der Waals surface area contributed by atoms with Gasteiger partial charge in [-0.2, -0.15) is 0 Å². The molecule has 23 heteroatoms. The highest BCUT2D eigenvalue weighted by molar-refractivity contribution is 8.00. The predicted octanol–water partition coefficient (Wildman–Crippen LogP) is 0.715. The zero-order chi connectivity index (χ0) is 40.0. The van der Waals surface area contributed by atoms with E-state index in [9.17, 15) is 43.8 Å². The molecule has 3 fully saturated rings. The first-order chi connectivity index (χ1) is 26.7. The van der Waals surface area contributed by atoms with Gasteiger partial charge in [0.1, 0.15) is 40.8 Å². The van der Waals surface area contributed by atoms with Gasteiger partial charge in [-0.3, -0.25) is 19.3 Å². The third-order valence-corrected chi connectivity index (χ3v) is 11.4. The van der Waals surface area contributed by atoms with Crippen molar-refractivity contribution < 1.29 is 58.1 Å². The topological polar surface area (TPSA) is 277 Å². The van der Waals surface area contributed by atoms with Crippen molar-refractivity contribution in [1.29, 1.82) is 0 Å². The number of thiazole rings is 1. The summed E-state index contributed by atoms with van der Waals surface area (Å²) in [4.78, 5) is 99.9. The van der Waals surface area contributed by atoms with Crippen molar-refractivity contribution in [3.8, 4) is 0 Å². The van der Waals surface area contributed by atoms with Gasteiger partial charge in [-0.1, -0.05) is 5.16 Å². The predicted molar refractivity (Wildman–Crippen MR) is 195 cm³/mol. The summed E-state index contributed by atoms with van der Waals surface area (Å²) in [6.07, 6.45) is 2.11. The molecule has 294 valence electrons. The van der Waals surface area contributed by atoms with Crippen LogP contribution in [-0.2, 0) is 28.8 Å². The van der Waals surface area contributed by atoms with E-state index in [0.717, 1.165) is 46.9 Å². The molecular formula is C33H31FN8O12S2. The molecule has 1 aromatic carbocycles. The van der Waals surface area contributed by atoms with Crippen LogP contribution in [-0.4, -0.2) is 133 Å². The second-order valence-corrected chi connectivity index (χ2v) is 15.0. The highest BCUT2D eigenvalue weighted by Gasteiger charge is 2.54. The number of fused-ring (bicyclic) bond motifs is 2. The number of oxime groups is 1. The lowest BCUT2D eigenvalue weighted by molar-refractivity contribution is -0.150. The number of carbonyl (C=O) groups excluding carboxylic acids is 3. The van der Waals surface area contributed by atoms with E-state index in [1.807, 2.05) is 0 Å². The summed E-state index contributed by atoms with van der Waals surface area (Å²) in [6.45, 7) is -0.739. The maximum absolute atomic E-state index is 15.4. The number of carboxylic acids is 3. The molecule has 20 nitrogen and oxygen atoms in total. The number of carbonyl (C=O) groups is 6. The first kappa shape index (κ1) is 38.1. The molecule has 56 heavy (non-hydrogen) atoms. The Labute approximate surface area is 321 Å². The van der Waals surface area contributed by atoms with Gasteiger partial charge < -0.3 is 50.3 Å². The van der Waals surface area contributed by atoms with Crippen LogP contribution in [0.1, 0.15) is 34.9 Å². The molecule has 3 amide bonds. The lowest BCUT2D eigenvalue weighted by atomic mass is 10.0. The Morgan fingerprint density at radius 1 is 1.05 bits per heavy atom. The van der Waals surface area contributed by atoms with E-state index in [1.165, 1.54) is 22.5 Å². The molecule has 1 aliphatic carbocycles. The largest absolute Gasteiger partial charge is 0.479 e. The first-order valence-corrected chi connectivity index (χ1v) is 18.8. The van der Waals surface area contributed by atoms with Crippen molar-refractivity contribution in [3.05, 3.63) is 62.3 Å². The number of benzene rings is 1. The number of amides is 3. The number of hydrogen-bond donors (Lipinski definition) is 5. The van der Waals surface area contributed by atoms with E-state index in [0.29, 0.717) is 5.52 Å². The van der Waals surface area contributed by atoms with Gasteiger partial charge in [0.25, 0.3) is 11.8 Å². The van der Waals surface area contributed by atoms with Gasteiger partial charge in [0.2, 0.25) is 12.0 Å². The number of thioether (sulfide) groups is 1. The summed E-state index contributed by atoms with van der Waals surface area (Å²) in [5.74, 6) is -6.63. The Morgan fingerprint density at radius 3 is 2.41 bits per heavy atom. The van der Waals surface area contributed by atoms with E-state index < -0.39 is 88.7 Å². The van der Waals surface area contributed by atoms with E-state index in [2.05, 4.69) is 15.5 Å². The van der Waals surface area contributed by atoms with Gasteiger partial charge in [0, 0.05) is 60.5 Å². The fourth-order valence-corrected chi connectivity index (χ4v) is 8.41. The summed E-state index contributed by atoms with van der Waals surface area (Å²) < 4.78 is 22.6. The molecule has 0 radical (unpaired) electrons. The molecule has 5 heterocycles. The van der Waals surface area contributed by atoms with Crippen molar-refractivity contribution in [2.75, 3.05) is 55.8 Å². The lowest BCUT2D eigenvalue weighted by Gasteiger charge is -2.49. The number of nitrogens with zero attached hydrogens (tertiary/aromatic N) is 6. The zero-order valence-electron chi connectivity index (χ0n) is 28.9. The highest BCUT2D eigenvalue weighted by Crippen LogP contribution is 2.41. The number of piperazine rings is 1. The van der Waals surface area contributed by atoms with Crippen molar-refractivity contribution in [1.82, 2.24) is 24.7 Å². The van der Waals surface area contributed by atoms with Crippen molar-refractivity contribution in [2.45, 2.75) is 30.3 Å². The lowest BCUT2D eigenvalue weighted by Crippen LogP contribution is -2.71. The maximum atomic E-state index is 15.4. The Kier molecular flexibility index (Phi) is 10.3. The number of nitrogens with one attached hydrogen (secondary N) is 1. The third-order valence-electron chi connectivity index (χ3n) is 9.38. The highest BCUT2D eigenvalue weighted by atomic mass is 32.2. The normalized spacial score (nSPS) is 19.7. The van der Waals surface area contributed by atoms with Crippen LogP contribution >= 0.6 is 23.1 Å². The van der Waals surface area contributed by atoms with Crippen LogP contribution in [0.2, 0.25) is 0 Å². The molecule has 0 bridgehead atoms. The number of ether oxygens (including phenoxy) is 1. The molecule has 2 atom stereocenters. The first-order valence-electron chi connectivity index (χ1n) is 16.9. The molecule has 4 aliphatic rings. The molecule has 0 spiro atoms. The number of nitrogens with two attached hydrogens (primary N) is 1. The number of halogens is 1. The van der Waals surface area contributed by atoms with Crippen LogP contribution in [0, 0.1) is 5.82 Å². The zero-order valence-corrected chi connectivity index (χ0v) is 30.5. The number of carboxylic acid groups (broad SMARTS) is 3. The Morgan fingerprint density at radius 2 is 1.79 bits per heavy atom. The van der Waals surface area contributed by atoms with Gasteiger partial charge in [0.05, 0.1) is 11.2 Å². The number of aromatic nitrogens is 2. The number of nitrogen functional groups attached to an aromatic ring is 1. The fourth-order valence-electron chi connectivity index (χ4n) is 6.54. The molecule has 2 saturated heterocycles. The SMILES string of the molecule is Nc1nc(/C(=N\OCC(=O)O)C(=O)N[C@@H]2C(=O)N3C(C(=O)O)=C(COC(=O)N4CCN(c5cc6c(cc5F)c(=O)c(C(=O)O)cn6C5CC5)CC4)CS[C@H]23)cs1. The van der Waals surface area contributed by atoms with Crippen LogP contribution in [0.15, 0.2) is 44.9 Å². The molecule has 3 aliphatic heterocycles. The third kappa shape index (κ3) is 7.28. The summed E-state index contributed by atoms with van der Waals surface area (Å²) >= 11 is 2.09. The van der Waals surface area contributed by atoms with Gasteiger partial charge in [-0.25, -0.2) is 28.6 Å². The Hall–Kier alpha value is -6.23. The molecule has 3 aromatic rings. The maximum Gasteiger partial charge on any atom is 0.410 e. The summed E-state index contributed by atoms with van der Waals surface area (Å²) in [5.41, 5.74) is 4.27. The molecule has 0 unspecified atom stereocenters. The number of β-lactam (4-membered cyclic amide) rings is 1. The summed E-state index contributed by atoms with van der Waals surface area (Å²) in [7, 11) is 0. The Bertz CT molecular complexity index is 2320. The van der Waals surface area contributed by atoms with Crippen LogP contribution < -0.4 is 21.4 Å². The van der Waals surface area contributed by atoms with E-state index in [4.69, 9.17) is 20.4 Å². The van der Waals surface area contributed by atoms with E-state index in [1.54, 1.807) is 9.47 Å². The van der Waals surface area contributed by atoms with Gasteiger partial charge in [0.15, 0.2) is 10.8 Å². The van der Waals surface area contributed by atoms with Crippen molar-refractivity contribution in [3.63, 3.8) is 0 Å². The quantitative estimate of drug-likeness (QED) is 0.0957. The van der Waals surface area contributed by atoms with Crippen molar-refractivity contribution in [2.24, 2.45) is 5.16 Å². The number of anilines is 2. The average Bonchev–Trinajstić information content (AvgIpc) is 3.92. The van der Waals surface area contributed by atoms with E-state index >= 15 is 4.39 Å². The van der Waals surface area contributed by atoms with Crippen LogP contribution in [0.25, 0.3) is 10.9 Å². The smallest absolute Gasteiger partial charge is 0.410 e. The average molecular weight is 815 g/mol. The van der Waals surface area contributed by atoms with Gasteiger partial charge >= 0.3 is 24.0 Å². The van der Waals surface area contributed by atoms with Crippen LogP contribution in [0.3, 0.4) is 0 Å². The number of rotatable bonds is 12. The second kappa shape index (κ2) is 15.1. The number of aliphatic carboxylic acids is 2. The van der Waals surface area contributed by atoms with Gasteiger partial charge in [-0.05, 0) is 25.0 Å². The molecular weight excluding hydrogens is 784 g/mol. The van der Waals surface area contributed by atoms with Crippen LogP contribution in [0.4, 0.5) is 20.0 Å². The summed E-state index contributed by atoms with van der Waals surface area (Å²) in [6, 6.07) is 1.36. The minimum Gasteiger partial charge on any atom is -0.479 e. The van der Waals surface area contributed by atoms with Crippen molar-refractivity contribution >= 4 is 86.3 Å². The minimum atomic E-state index is -1.46. The number of hydrogen-bond acceptors (Lipinski definition) is 15. The number of pyridine rings is 1. The van der Waals surface area contributed by atoms with E-state index in [-0.39, 0.29) is 65.4 Å². The molecule has 2 aromatic heterocycles. The molecule has 6 N–H and O–H groups in total. The minimum absolute atomic E-state index is 0.00498. The number of aromatic carboxylic acids is 1. The summed E-state index contributed by atoms with van der Waals surface area (Å²) in [5, 5.41) is 35.0. The monoisotopic (exact) mass is 814 g/mol. The molecule has 1 saturated carbocycles.